The second-order valence-electron chi connectivity index (χ2n) is 6.77. The van der Waals surface area contributed by atoms with E-state index in [2.05, 4.69) is 20.9 Å². The Balaban J connectivity index is 2.23. The number of halogens is 2. The summed E-state index contributed by atoms with van der Waals surface area (Å²) in [5, 5.41) is 10.7. The van der Waals surface area contributed by atoms with Gasteiger partial charge in [-0.05, 0) is 30.5 Å². The second-order valence-corrected chi connectivity index (χ2v) is 7.61. The summed E-state index contributed by atoms with van der Waals surface area (Å²) in [5.41, 5.74) is 0.712. The summed E-state index contributed by atoms with van der Waals surface area (Å²) < 4.78 is 0. The Bertz CT molecular complexity index is 597. The zero-order valence-corrected chi connectivity index (χ0v) is 16.9. The second kappa shape index (κ2) is 10.5. The van der Waals surface area contributed by atoms with Gasteiger partial charge >= 0.3 is 0 Å². The molecule has 0 radical (unpaired) electrons. The topological polar surface area (TPSA) is 65.5 Å². The Morgan fingerprint density at radius 3 is 2.32 bits per heavy atom. The summed E-state index contributed by atoms with van der Waals surface area (Å²) in [7, 11) is 1.72. The molecule has 0 saturated heterocycles. The minimum Gasteiger partial charge on any atom is -0.356 e. The summed E-state index contributed by atoms with van der Waals surface area (Å²) >= 11 is 12.1. The zero-order chi connectivity index (χ0) is 18.9. The predicted molar refractivity (Wildman–Crippen MR) is 107 cm³/mol. The van der Waals surface area contributed by atoms with Crippen molar-refractivity contribution in [2.75, 3.05) is 26.7 Å². The van der Waals surface area contributed by atoms with Gasteiger partial charge < -0.3 is 16.0 Å². The molecule has 0 aliphatic carbocycles. The fourth-order valence-electron chi connectivity index (χ4n) is 2.05. The molecule has 25 heavy (non-hydrogen) atoms. The Morgan fingerprint density at radius 2 is 1.72 bits per heavy atom. The summed E-state index contributed by atoms with van der Waals surface area (Å²) in [4.78, 5) is 15.9. The number of hydrogen-bond acceptors (Lipinski definition) is 2. The molecular formula is C18H28Cl2N4O. The normalized spacial score (nSPS) is 12.0. The highest BCUT2D eigenvalue weighted by atomic mass is 35.5. The van der Waals surface area contributed by atoms with Gasteiger partial charge in [0, 0.05) is 42.1 Å². The van der Waals surface area contributed by atoms with Crippen LogP contribution >= 0.6 is 23.2 Å². The van der Waals surface area contributed by atoms with E-state index in [4.69, 9.17) is 23.2 Å². The summed E-state index contributed by atoms with van der Waals surface area (Å²) in [6, 6.07) is 5.57. The van der Waals surface area contributed by atoms with E-state index in [1.165, 1.54) is 0 Å². The molecule has 0 saturated carbocycles. The van der Waals surface area contributed by atoms with Crippen LogP contribution in [0.5, 0.6) is 0 Å². The van der Waals surface area contributed by atoms with E-state index < -0.39 is 0 Å². The number of aliphatic imine (C=N–C) groups is 1. The molecule has 0 fully saturated rings. The van der Waals surface area contributed by atoms with E-state index in [9.17, 15) is 4.79 Å². The van der Waals surface area contributed by atoms with Crippen molar-refractivity contribution >= 4 is 35.1 Å². The number of guanidine groups is 1. The van der Waals surface area contributed by atoms with Gasteiger partial charge in [0.15, 0.2) is 5.96 Å². The molecule has 0 aromatic heterocycles. The smallest absolute Gasteiger partial charge is 0.225 e. The third-order valence-corrected chi connectivity index (χ3v) is 4.13. The van der Waals surface area contributed by atoms with Crippen molar-refractivity contribution in [3.8, 4) is 0 Å². The molecule has 3 N–H and O–H groups in total. The van der Waals surface area contributed by atoms with Gasteiger partial charge in [-0.3, -0.25) is 9.79 Å². The predicted octanol–water partition coefficient (Wildman–Crippen LogP) is 3.25. The summed E-state index contributed by atoms with van der Waals surface area (Å²) in [6.07, 6.45) is 1.78. The molecule has 0 aliphatic heterocycles. The fraction of sp³-hybridized carbons (Fsp3) is 0.556. The number of aryl methyl sites for hydroxylation is 1. The lowest BCUT2D eigenvalue weighted by Gasteiger charge is -2.18. The van der Waals surface area contributed by atoms with Gasteiger partial charge in [-0.25, -0.2) is 0 Å². The molecule has 1 rings (SSSR count). The van der Waals surface area contributed by atoms with Crippen molar-refractivity contribution in [2.24, 2.45) is 10.4 Å². The monoisotopic (exact) mass is 386 g/mol. The largest absolute Gasteiger partial charge is 0.356 e. The van der Waals surface area contributed by atoms with Crippen molar-refractivity contribution in [1.82, 2.24) is 16.0 Å². The molecule has 7 heteroatoms. The molecule has 1 aromatic carbocycles. The van der Waals surface area contributed by atoms with Crippen LogP contribution in [-0.2, 0) is 11.2 Å². The van der Waals surface area contributed by atoms with E-state index in [0.29, 0.717) is 29.1 Å². The molecule has 0 heterocycles. The van der Waals surface area contributed by atoms with Crippen molar-refractivity contribution in [3.05, 3.63) is 33.8 Å². The molecule has 5 nitrogen and oxygen atoms in total. The van der Waals surface area contributed by atoms with Crippen molar-refractivity contribution in [2.45, 2.75) is 33.6 Å². The van der Waals surface area contributed by atoms with Gasteiger partial charge in [0.05, 0.1) is 0 Å². The van der Waals surface area contributed by atoms with Crippen LogP contribution < -0.4 is 16.0 Å². The SMILES string of the molecule is CN=C(NCCCc1ccc(Cl)cc1Cl)NCCNC(=O)C(C)(C)C. The molecule has 0 unspecified atom stereocenters. The highest BCUT2D eigenvalue weighted by Crippen LogP contribution is 2.21. The first kappa shape index (κ1) is 21.6. The van der Waals surface area contributed by atoms with Gasteiger partial charge in [-0.15, -0.1) is 0 Å². The molecule has 0 aliphatic rings. The average molecular weight is 387 g/mol. The lowest BCUT2D eigenvalue weighted by Crippen LogP contribution is -2.43. The Kier molecular flexibility index (Phi) is 9.08. The van der Waals surface area contributed by atoms with Crippen LogP contribution in [0.3, 0.4) is 0 Å². The van der Waals surface area contributed by atoms with Crippen LogP contribution in [0.2, 0.25) is 10.0 Å². The maximum Gasteiger partial charge on any atom is 0.225 e. The first-order valence-corrected chi connectivity index (χ1v) is 9.16. The number of carbonyl (C=O) groups excluding carboxylic acids is 1. The minimum absolute atomic E-state index is 0.0390. The number of carbonyl (C=O) groups is 1. The highest BCUT2D eigenvalue weighted by molar-refractivity contribution is 6.35. The van der Waals surface area contributed by atoms with E-state index in [1.807, 2.05) is 32.9 Å². The lowest BCUT2D eigenvalue weighted by molar-refractivity contribution is -0.128. The first-order chi connectivity index (χ1) is 11.7. The molecule has 0 bridgehead atoms. The standard InChI is InChI=1S/C18H28Cl2N4O/c1-18(2,3)16(25)22-10-11-24-17(21-4)23-9-5-6-13-7-8-14(19)12-15(13)20/h7-8,12H,5-6,9-11H2,1-4H3,(H,22,25)(H2,21,23,24). The van der Waals surface area contributed by atoms with E-state index >= 15 is 0 Å². The Morgan fingerprint density at radius 1 is 1.08 bits per heavy atom. The van der Waals surface area contributed by atoms with Crippen LogP contribution in [0.25, 0.3) is 0 Å². The quantitative estimate of drug-likeness (QED) is 0.382. The van der Waals surface area contributed by atoms with E-state index in [-0.39, 0.29) is 11.3 Å². The summed E-state index contributed by atoms with van der Waals surface area (Å²) in [6.45, 7) is 7.62. The zero-order valence-electron chi connectivity index (χ0n) is 15.4. The molecule has 0 spiro atoms. The number of benzene rings is 1. The molecule has 0 atom stereocenters. The van der Waals surface area contributed by atoms with Gasteiger partial charge in [-0.1, -0.05) is 50.0 Å². The van der Waals surface area contributed by atoms with Crippen molar-refractivity contribution < 1.29 is 4.79 Å². The lowest BCUT2D eigenvalue weighted by atomic mass is 9.96. The van der Waals surface area contributed by atoms with Gasteiger partial charge in [0.25, 0.3) is 0 Å². The third kappa shape index (κ3) is 8.45. The number of nitrogens with one attached hydrogen (secondary N) is 3. The maximum absolute atomic E-state index is 11.8. The van der Waals surface area contributed by atoms with Crippen LogP contribution in [-0.4, -0.2) is 38.5 Å². The third-order valence-electron chi connectivity index (χ3n) is 3.54. The Labute approximate surface area is 160 Å². The highest BCUT2D eigenvalue weighted by Gasteiger charge is 2.20. The first-order valence-electron chi connectivity index (χ1n) is 8.41. The Hall–Kier alpha value is -1.46. The average Bonchev–Trinajstić information content (AvgIpc) is 2.53. The molecule has 1 amide bonds. The number of amides is 1. The number of nitrogens with zero attached hydrogens (tertiary/aromatic N) is 1. The van der Waals surface area contributed by atoms with Crippen LogP contribution in [0, 0.1) is 5.41 Å². The van der Waals surface area contributed by atoms with Gasteiger partial charge in [-0.2, -0.15) is 0 Å². The van der Waals surface area contributed by atoms with Crippen molar-refractivity contribution in [3.63, 3.8) is 0 Å². The fourth-order valence-corrected chi connectivity index (χ4v) is 2.56. The van der Waals surface area contributed by atoms with E-state index in [0.717, 1.165) is 24.9 Å². The summed E-state index contributed by atoms with van der Waals surface area (Å²) in [5.74, 6) is 0.754. The van der Waals surface area contributed by atoms with Crippen molar-refractivity contribution in [1.29, 1.82) is 0 Å². The van der Waals surface area contributed by atoms with Crippen LogP contribution in [0.1, 0.15) is 32.8 Å². The van der Waals surface area contributed by atoms with Crippen LogP contribution in [0.15, 0.2) is 23.2 Å². The van der Waals surface area contributed by atoms with Crippen LogP contribution in [0.4, 0.5) is 0 Å². The molecular weight excluding hydrogens is 359 g/mol. The molecule has 140 valence electrons. The van der Waals surface area contributed by atoms with Gasteiger partial charge in [0.2, 0.25) is 5.91 Å². The van der Waals surface area contributed by atoms with Gasteiger partial charge in [0.1, 0.15) is 0 Å². The molecule has 1 aromatic rings. The minimum atomic E-state index is -0.372. The number of hydrogen-bond donors (Lipinski definition) is 3. The number of rotatable bonds is 7. The maximum atomic E-state index is 11.8. The van der Waals surface area contributed by atoms with E-state index in [1.54, 1.807) is 13.1 Å².